The number of hydrogen-bond donors (Lipinski definition) is 1. The maximum Gasteiger partial charge on any atom is 0.227 e. The number of carbonyl (C=O) groups is 1. The van der Waals surface area contributed by atoms with Gasteiger partial charge in [-0.3, -0.25) is 4.79 Å². The number of carbonyl (C=O) groups excluding carboxylic acids is 1. The van der Waals surface area contributed by atoms with E-state index in [1.165, 1.54) is 11.1 Å². The summed E-state index contributed by atoms with van der Waals surface area (Å²) in [5.74, 6) is 1.37. The molecule has 1 fully saturated rings. The van der Waals surface area contributed by atoms with E-state index in [0.29, 0.717) is 12.3 Å². The first kappa shape index (κ1) is 13.0. The van der Waals surface area contributed by atoms with Crippen molar-refractivity contribution in [2.45, 2.75) is 20.3 Å². The van der Waals surface area contributed by atoms with Crippen LogP contribution in [0.15, 0.2) is 16.6 Å². The third-order valence-corrected chi connectivity index (χ3v) is 4.82. The fourth-order valence-corrected chi connectivity index (χ4v) is 2.88. The second-order valence-electron chi connectivity index (χ2n) is 4.57. The molecule has 0 N–H and O–H groups in total. The number of anilines is 1. The number of benzene rings is 1. The van der Waals surface area contributed by atoms with E-state index in [4.69, 9.17) is 0 Å². The van der Waals surface area contributed by atoms with E-state index in [0.717, 1.165) is 22.5 Å². The number of hydrogen-bond acceptors (Lipinski definition) is 2. The first-order valence-corrected chi connectivity index (χ1v) is 7.14. The van der Waals surface area contributed by atoms with Gasteiger partial charge in [-0.15, -0.1) is 0 Å². The van der Waals surface area contributed by atoms with E-state index in [9.17, 15) is 4.79 Å². The van der Waals surface area contributed by atoms with Crippen molar-refractivity contribution in [2.75, 3.05) is 17.2 Å². The van der Waals surface area contributed by atoms with Crippen LogP contribution >= 0.6 is 28.6 Å². The van der Waals surface area contributed by atoms with Crippen LogP contribution in [-0.4, -0.2) is 18.2 Å². The van der Waals surface area contributed by atoms with Gasteiger partial charge >= 0.3 is 0 Å². The zero-order valence-electron chi connectivity index (χ0n) is 10.0. The lowest BCUT2D eigenvalue weighted by atomic mass is 10.1. The van der Waals surface area contributed by atoms with Crippen molar-refractivity contribution in [3.05, 3.63) is 27.7 Å². The fourth-order valence-electron chi connectivity index (χ4n) is 2.20. The van der Waals surface area contributed by atoms with E-state index in [1.54, 1.807) is 0 Å². The molecule has 2 rings (SSSR count). The molecule has 1 unspecified atom stereocenters. The Morgan fingerprint density at radius 3 is 2.71 bits per heavy atom. The summed E-state index contributed by atoms with van der Waals surface area (Å²) in [4.78, 5) is 13.9. The molecule has 4 heteroatoms. The van der Waals surface area contributed by atoms with Gasteiger partial charge in [0.05, 0.1) is 0 Å². The Labute approximate surface area is 116 Å². The highest BCUT2D eigenvalue weighted by Gasteiger charge is 2.30. The topological polar surface area (TPSA) is 20.3 Å². The molecular formula is C13H16BrNOS. The minimum Gasteiger partial charge on any atom is -0.312 e. The monoisotopic (exact) mass is 313 g/mol. The number of thiol groups is 1. The molecule has 1 aromatic rings. The van der Waals surface area contributed by atoms with Crippen LogP contribution in [0.4, 0.5) is 5.69 Å². The van der Waals surface area contributed by atoms with Gasteiger partial charge in [-0.05, 0) is 48.8 Å². The van der Waals surface area contributed by atoms with E-state index in [2.05, 4.69) is 42.4 Å². The van der Waals surface area contributed by atoms with Crippen molar-refractivity contribution in [2.24, 2.45) is 5.92 Å². The summed E-state index contributed by atoms with van der Waals surface area (Å²) in [6, 6.07) is 4.03. The van der Waals surface area contributed by atoms with Crippen molar-refractivity contribution < 1.29 is 4.79 Å². The third kappa shape index (κ3) is 2.38. The average Bonchev–Trinajstić information content (AvgIpc) is 2.68. The molecule has 0 aromatic heterocycles. The van der Waals surface area contributed by atoms with Crippen molar-refractivity contribution in [3.8, 4) is 0 Å². The van der Waals surface area contributed by atoms with Crippen LogP contribution in [0.1, 0.15) is 17.5 Å². The van der Waals surface area contributed by atoms with Crippen LogP contribution < -0.4 is 4.90 Å². The Kier molecular flexibility index (Phi) is 3.83. The van der Waals surface area contributed by atoms with Gasteiger partial charge in [0.2, 0.25) is 5.91 Å². The second-order valence-corrected chi connectivity index (χ2v) is 5.79. The summed E-state index contributed by atoms with van der Waals surface area (Å²) in [6.45, 7) is 4.93. The highest BCUT2D eigenvalue weighted by atomic mass is 79.9. The lowest BCUT2D eigenvalue weighted by Crippen LogP contribution is -2.25. The van der Waals surface area contributed by atoms with E-state index >= 15 is 0 Å². The zero-order chi connectivity index (χ0) is 12.6. The Morgan fingerprint density at radius 2 is 2.12 bits per heavy atom. The predicted octanol–water partition coefficient (Wildman–Crippen LogP) is 3.35. The van der Waals surface area contributed by atoms with Crippen LogP contribution in [0.5, 0.6) is 0 Å². The van der Waals surface area contributed by atoms with Crippen molar-refractivity contribution in [3.63, 3.8) is 0 Å². The minimum atomic E-state index is 0.217. The Hall–Kier alpha value is -0.480. The molecule has 0 spiro atoms. The van der Waals surface area contributed by atoms with Crippen LogP contribution in [0.2, 0.25) is 0 Å². The standard InChI is InChI=1S/C13H16BrNOS/c1-8-9(2)12(4-3-11(8)14)15-6-10(7-17)5-13(15)16/h3-4,10,17H,5-7H2,1-2H3. The maximum absolute atomic E-state index is 12.0. The summed E-state index contributed by atoms with van der Waals surface area (Å²) in [5, 5.41) is 0. The molecular weight excluding hydrogens is 298 g/mol. The second kappa shape index (κ2) is 5.02. The lowest BCUT2D eigenvalue weighted by molar-refractivity contribution is -0.117. The molecule has 0 saturated carbocycles. The summed E-state index contributed by atoms with van der Waals surface area (Å²) in [6.07, 6.45) is 0.623. The minimum absolute atomic E-state index is 0.217. The number of amides is 1. The van der Waals surface area contributed by atoms with Gasteiger partial charge in [0.1, 0.15) is 0 Å². The number of halogens is 1. The quantitative estimate of drug-likeness (QED) is 0.830. The molecule has 1 atom stereocenters. The average molecular weight is 314 g/mol. The summed E-state index contributed by atoms with van der Waals surface area (Å²) in [5.41, 5.74) is 3.41. The zero-order valence-corrected chi connectivity index (χ0v) is 12.5. The molecule has 1 aliphatic heterocycles. The van der Waals surface area contributed by atoms with Crippen molar-refractivity contribution in [1.29, 1.82) is 0 Å². The first-order chi connectivity index (χ1) is 8.04. The van der Waals surface area contributed by atoms with E-state index in [-0.39, 0.29) is 5.91 Å². The number of rotatable bonds is 2. The summed E-state index contributed by atoms with van der Waals surface area (Å²) >= 11 is 7.80. The van der Waals surface area contributed by atoms with Gasteiger partial charge in [-0.2, -0.15) is 12.6 Å². The van der Waals surface area contributed by atoms with Crippen LogP contribution in [0, 0.1) is 19.8 Å². The van der Waals surface area contributed by atoms with E-state index < -0.39 is 0 Å². The van der Waals surface area contributed by atoms with Gasteiger partial charge in [0, 0.05) is 23.1 Å². The molecule has 1 heterocycles. The lowest BCUT2D eigenvalue weighted by Gasteiger charge is -2.20. The molecule has 1 aromatic carbocycles. The highest BCUT2D eigenvalue weighted by Crippen LogP contribution is 2.32. The van der Waals surface area contributed by atoms with Gasteiger partial charge in [0.25, 0.3) is 0 Å². The van der Waals surface area contributed by atoms with Gasteiger partial charge in [-0.1, -0.05) is 15.9 Å². The SMILES string of the molecule is Cc1c(Br)ccc(N2CC(CS)CC2=O)c1C. The van der Waals surface area contributed by atoms with Crippen LogP contribution in [0.25, 0.3) is 0 Å². The largest absolute Gasteiger partial charge is 0.312 e. The van der Waals surface area contributed by atoms with Crippen LogP contribution in [-0.2, 0) is 4.79 Å². The smallest absolute Gasteiger partial charge is 0.227 e. The number of nitrogens with zero attached hydrogens (tertiary/aromatic N) is 1. The fraction of sp³-hybridized carbons (Fsp3) is 0.462. The Bertz CT molecular complexity index is 461. The molecule has 2 nitrogen and oxygen atoms in total. The normalized spacial score (nSPS) is 20.1. The first-order valence-electron chi connectivity index (χ1n) is 5.71. The molecule has 0 radical (unpaired) electrons. The van der Waals surface area contributed by atoms with E-state index in [1.807, 2.05) is 17.0 Å². The van der Waals surface area contributed by atoms with Gasteiger partial charge in [-0.25, -0.2) is 0 Å². The maximum atomic E-state index is 12.0. The van der Waals surface area contributed by atoms with Gasteiger partial charge < -0.3 is 4.90 Å². The van der Waals surface area contributed by atoms with Gasteiger partial charge in [0.15, 0.2) is 0 Å². The molecule has 0 aliphatic carbocycles. The predicted molar refractivity (Wildman–Crippen MR) is 77.9 cm³/mol. The van der Waals surface area contributed by atoms with Crippen molar-refractivity contribution in [1.82, 2.24) is 0 Å². The van der Waals surface area contributed by atoms with Crippen molar-refractivity contribution >= 4 is 40.2 Å². The molecule has 1 amide bonds. The Balaban J connectivity index is 2.35. The van der Waals surface area contributed by atoms with Crippen LogP contribution in [0.3, 0.4) is 0 Å². The molecule has 1 aliphatic rings. The molecule has 92 valence electrons. The summed E-state index contributed by atoms with van der Waals surface area (Å²) < 4.78 is 1.09. The molecule has 0 bridgehead atoms. The molecule has 17 heavy (non-hydrogen) atoms. The molecule has 1 saturated heterocycles. The third-order valence-electron chi connectivity index (χ3n) is 3.45. The highest BCUT2D eigenvalue weighted by molar-refractivity contribution is 9.10. The Morgan fingerprint density at radius 1 is 1.41 bits per heavy atom. The summed E-state index contributed by atoms with van der Waals surface area (Å²) in [7, 11) is 0.